The molecule has 0 spiro atoms. The molecule has 0 aliphatic heterocycles. The van der Waals surface area contributed by atoms with Crippen molar-refractivity contribution in [1.82, 2.24) is 19.9 Å². The lowest BCUT2D eigenvalue weighted by atomic mass is 10.3. The summed E-state index contributed by atoms with van der Waals surface area (Å²) >= 11 is 0. The molecular formula is C27H50N4. The van der Waals surface area contributed by atoms with Crippen LogP contribution in [-0.2, 0) is 0 Å². The standard InChI is InChI=1S/2C6H7N.C5H6N2.5C2H6/c1-6-3-2-4-7-5-6;1-6-4-2-3-5-7-6;1-5-6-3-2-4-7-5;5*1-2/h2*2-5H,1H3;2-4H,1H3;5*1-2H3. The molecule has 0 saturated carbocycles. The summed E-state index contributed by atoms with van der Waals surface area (Å²) in [5.41, 5.74) is 2.28. The molecule has 0 radical (unpaired) electrons. The van der Waals surface area contributed by atoms with Crippen molar-refractivity contribution in [2.45, 2.75) is 90.0 Å². The van der Waals surface area contributed by atoms with E-state index in [0.717, 1.165) is 11.5 Å². The van der Waals surface area contributed by atoms with Gasteiger partial charge in [-0.3, -0.25) is 9.97 Å². The van der Waals surface area contributed by atoms with Crippen molar-refractivity contribution >= 4 is 0 Å². The predicted molar refractivity (Wildman–Crippen MR) is 141 cm³/mol. The molecule has 4 nitrogen and oxygen atoms in total. The maximum absolute atomic E-state index is 3.98. The molecule has 0 aliphatic rings. The van der Waals surface area contributed by atoms with Gasteiger partial charge in [-0.2, -0.15) is 0 Å². The average Bonchev–Trinajstić information content (AvgIpc) is 2.88. The molecule has 0 aromatic carbocycles. The summed E-state index contributed by atoms with van der Waals surface area (Å²) in [5.74, 6) is 0.822. The first-order chi connectivity index (χ1) is 15.2. The third-order valence-electron chi connectivity index (χ3n) is 2.32. The molecule has 0 bridgehead atoms. The van der Waals surface area contributed by atoms with Gasteiger partial charge in [0.2, 0.25) is 0 Å². The van der Waals surface area contributed by atoms with Crippen LogP contribution in [0.25, 0.3) is 0 Å². The van der Waals surface area contributed by atoms with E-state index < -0.39 is 0 Å². The summed E-state index contributed by atoms with van der Waals surface area (Å²) in [6, 6.07) is 11.6. The fourth-order valence-electron chi connectivity index (χ4n) is 1.27. The van der Waals surface area contributed by atoms with Crippen LogP contribution in [0.2, 0.25) is 0 Å². The smallest absolute Gasteiger partial charge is 0.125 e. The Kier molecular flexibility index (Phi) is 52.3. The molecule has 0 unspecified atom stereocenters. The second kappa shape index (κ2) is 41.7. The maximum Gasteiger partial charge on any atom is 0.125 e. The molecule has 0 saturated heterocycles. The Morgan fingerprint density at radius 2 is 0.968 bits per heavy atom. The van der Waals surface area contributed by atoms with E-state index in [9.17, 15) is 0 Å². The van der Waals surface area contributed by atoms with E-state index in [1.54, 1.807) is 30.9 Å². The number of aryl methyl sites for hydroxylation is 3. The van der Waals surface area contributed by atoms with Gasteiger partial charge in [-0.1, -0.05) is 81.4 Å². The van der Waals surface area contributed by atoms with Crippen LogP contribution in [0.3, 0.4) is 0 Å². The highest BCUT2D eigenvalue weighted by molar-refractivity contribution is 5.04. The Morgan fingerprint density at radius 1 is 0.484 bits per heavy atom. The molecule has 0 atom stereocenters. The molecule has 3 rings (SSSR count). The van der Waals surface area contributed by atoms with Crippen LogP contribution in [0.5, 0.6) is 0 Å². The van der Waals surface area contributed by atoms with Gasteiger partial charge in [0.05, 0.1) is 0 Å². The van der Waals surface area contributed by atoms with E-state index in [0.29, 0.717) is 0 Å². The number of hydrogen-bond acceptors (Lipinski definition) is 4. The molecule has 31 heavy (non-hydrogen) atoms. The Bertz CT molecular complexity index is 496. The fourth-order valence-corrected chi connectivity index (χ4v) is 1.27. The van der Waals surface area contributed by atoms with Crippen molar-refractivity contribution < 1.29 is 0 Å². The minimum absolute atomic E-state index is 0.822. The van der Waals surface area contributed by atoms with E-state index in [1.807, 2.05) is 127 Å². The zero-order valence-electron chi connectivity index (χ0n) is 22.6. The van der Waals surface area contributed by atoms with Gasteiger partial charge in [-0.15, -0.1) is 0 Å². The number of nitrogens with zero attached hydrogens (tertiary/aromatic N) is 4. The van der Waals surface area contributed by atoms with Gasteiger partial charge >= 0.3 is 0 Å². The van der Waals surface area contributed by atoms with E-state index in [4.69, 9.17) is 0 Å². The molecule has 178 valence electrons. The summed E-state index contributed by atoms with van der Waals surface area (Å²) in [4.78, 5) is 15.6. The van der Waals surface area contributed by atoms with Crippen molar-refractivity contribution in [3.05, 3.63) is 84.5 Å². The maximum atomic E-state index is 3.98. The zero-order valence-corrected chi connectivity index (χ0v) is 22.6. The van der Waals surface area contributed by atoms with Crippen LogP contribution in [0, 0.1) is 20.8 Å². The zero-order chi connectivity index (χ0) is 25.3. The second-order valence-corrected chi connectivity index (χ2v) is 4.30. The van der Waals surface area contributed by atoms with E-state index in [1.165, 1.54) is 5.56 Å². The minimum atomic E-state index is 0.822. The van der Waals surface area contributed by atoms with E-state index in [2.05, 4.69) is 19.9 Å². The normalized spacial score (nSPS) is 6.87. The lowest BCUT2D eigenvalue weighted by Crippen LogP contribution is -1.80. The highest BCUT2D eigenvalue weighted by atomic mass is 14.8. The highest BCUT2D eigenvalue weighted by Gasteiger charge is 1.75. The molecule has 3 aromatic heterocycles. The average molecular weight is 431 g/mol. The third kappa shape index (κ3) is 38.6. The van der Waals surface area contributed by atoms with Crippen LogP contribution >= 0.6 is 0 Å². The number of aromatic nitrogens is 4. The summed E-state index contributed by atoms with van der Waals surface area (Å²) in [6.07, 6.45) is 8.84. The molecule has 0 aliphatic carbocycles. The largest absolute Gasteiger partial charge is 0.264 e. The van der Waals surface area contributed by atoms with Gasteiger partial charge < -0.3 is 0 Å². The van der Waals surface area contributed by atoms with Crippen molar-refractivity contribution in [2.75, 3.05) is 0 Å². The third-order valence-corrected chi connectivity index (χ3v) is 2.32. The highest BCUT2D eigenvalue weighted by Crippen LogP contribution is 1.88. The molecule has 4 heteroatoms. The molecule has 0 fully saturated rings. The van der Waals surface area contributed by atoms with Gasteiger partial charge in [0.15, 0.2) is 0 Å². The number of rotatable bonds is 0. The summed E-state index contributed by atoms with van der Waals surface area (Å²) in [5, 5.41) is 0. The SMILES string of the molecule is CC.CC.CC.CC.CC.Cc1ccccn1.Cc1cccnc1.Cc1ncccn1. The van der Waals surface area contributed by atoms with Gasteiger partial charge in [-0.25, -0.2) is 9.97 Å². The first kappa shape index (κ1) is 38.9. The van der Waals surface area contributed by atoms with Gasteiger partial charge in [-0.05, 0) is 50.6 Å². The topological polar surface area (TPSA) is 51.6 Å². The monoisotopic (exact) mass is 430 g/mol. The van der Waals surface area contributed by atoms with Crippen molar-refractivity contribution in [1.29, 1.82) is 0 Å². The lowest BCUT2D eigenvalue weighted by molar-refractivity contribution is 1.05. The van der Waals surface area contributed by atoms with Crippen molar-refractivity contribution in [3.63, 3.8) is 0 Å². The molecule has 0 N–H and O–H groups in total. The summed E-state index contributed by atoms with van der Waals surface area (Å²) in [7, 11) is 0. The molecule has 3 heterocycles. The van der Waals surface area contributed by atoms with Gasteiger partial charge in [0.1, 0.15) is 5.82 Å². The predicted octanol–water partition coefficient (Wildman–Crippen LogP) is 8.70. The Morgan fingerprint density at radius 3 is 1.16 bits per heavy atom. The van der Waals surface area contributed by atoms with Gasteiger partial charge in [0, 0.05) is 36.7 Å². The number of hydrogen-bond donors (Lipinski definition) is 0. The Labute approximate surface area is 194 Å². The molecule has 0 amide bonds. The van der Waals surface area contributed by atoms with Crippen LogP contribution < -0.4 is 0 Å². The first-order valence-electron chi connectivity index (χ1n) is 11.7. The van der Waals surface area contributed by atoms with Gasteiger partial charge in [0.25, 0.3) is 0 Å². The molecule has 3 aromatic rings. The Balaban J connectivity index is -0.0000000908. The fraction of sp³-hybridized carbons (Fsp3) is 0.481. The van der Waals surface area contributed by atoms with Crippen molar-refractivity contribution in [3.8, 4) is 0 Å². The van der Waals surface area contributed by atoms with Crippen LogP contribution in [0.4, 0.5) is 0 Å². The van der Waals surface area contributed by atoms with E-state index in [-0.39, 0.29) is 0 Å². The van der Waals surface area contributed by atoms with Crippen molar-refractivity contribution in [2.24, 2.45) is 0 Å². The number of pyridine rings is 2. The summed E-state index contributed by atoms with van der Waals surface area (Å²) < 4.78 is 0. The first-order valence-corrected chi connectivity index (χ1v) is 11.7. The Hall–Kier alpha value is -2.62. The van der Waals surface area contributed by atoms with Crippen LogP contribution in [0.15, 0.2) is 67.4 Å². The van der Waals surface area contributed by atoms with Crippen LogP contribution in [0.1, 0.15) is 86.3 Å². The van der Waals surface area contributed by atoms with Crippen LogP contribution in [-0.4, -0.2) is 19.9 Å². The molecular weight excluding hydrogens is 380 g/mol. The lowest BCUT2D eigenvalue weighted by Gasteiger charge is -1.82. The van der Waals surface area contributed by atoms with E-state index >= 15 is 0 Å². The quantitative estimate of drug-likeness (QED) is 0.358. The summed E-state index contributed by atoms with van der Waals surface area (Å²) in [6.45, 7) is 25.9. The minimum Gasteiger partial charge on any atom is -0.264 e. The second-order valence-electron chi connectivity index (χ2n) is 4.30.